The van der Waals surface area contributed by atoms with Crippen molar-refractivity contribution in [1.29, 1.82) is 0 Å². The van der Waals surface area contributed by atoms with Gasteiger partial charge in [0.15, 0.2) is 23.3 Å². The summed E-state index contributed by atoms with van der Waals surface area (Å²) in [5.74, 6) is 3.38. The molecule has 5 aromatic heterocycles. The maximum atomic E-state index is 5.54. The Hall–Kier alpha value is -9.60. The van der Waals surface area contributed by atoms with Crippen LogP contribution in [0.15, 0.2) is 224 Å². The van der Waals surface area contributed by atoms with Crippen LogP contribution in [-0.4, -0.2) is 43.6 Å². The lowest BCUT2D eigenvalue weighted by Gasteiger charge is -2.14. The van der Waals surface area contributed by atoms with Crippen LogP contribution < -0.4 is 0 Å². The molecule has 9 aromatic carbocycles. The molecule has 0 saturated heterocycles. The second-order valence-corrected chi connectivity index (χ2v) is 17.1. The van der Waals surface area contributed by atoms with E-state index in [-0.39, 0.29) is 0 Å². The van der Waals surface area contributed by atoms with Gasteiger partial charge in [-0.25, -0.2) is 15.0 Å². The molecule has 0 atom stereocenters. The lowest BCUT2D eigenvalue weighted by Crippen LogP contribution is -2.10. The smallest absolute Gasteiger partial charge is 0.240 e. The van der Waals surface area contributed by atoms with Crippen molar-refractivity contribution in [2.75, 3.05) is 0 Å². The van der Waals surface area contributed by atoms with Gasteiger partial charge < -0.3 is 4.57 Å². The molecule has 0 aliphatic carbocycles. The number of fused-ring (bicyclic) bond motifs is 10. The van der Waals surface area contributed by atoms with Gasteiger partial charge in [-0.05, 0) is 48.5 Å². The van der Waals surface area contributed by atoms with E-state index in [9.17, 15) is 0 Å². The van der Waals surface area contributed by atoms with E-state index in [4.69, 9.17) is 29.9 Å². The molecule has 0 N–H and O–H groups in total. The Morgan fingerprint density at radius 3 is 1.14 bits per heavy atom. The predicted octanol–water partition coefficient (Wildman–Crippen LogP) is 14.0. The van der Waals surface area contributed by atoms with E-state index in [2.05, 4.69) is 159 Å². The lowest BCUT2D eigenvalue weighted by atomic mass is 10.1. The summed E-state index contributed by atoms with van der Waals surface area (Å²) in [4.78, 5) is 31.4. The van der Waals surface area contributed by atoms with Crippen molar-refractivity contribution in [3.05, 3.63) is 224 Å². The van der Waals surface area contributed by atoms with E-state index in [1.165, 1.54) is 5.39 Å². The lowest BCUT2D eigenvalue weighted by molar-refractivity contribution is 0.893. The molecule has 0 bridgehead atoms. The summed E-state index contributed by atoms with van der Waals surface area (Å²) in [5.41, 5.74) is 10.8. The van der Waals surface area contributed by atoms with Gasteiger partial charge in [-0.15, -0.1) is 0 Å². The molecular weight excluding hydrogens is 847 g/mol. The molecule has 5 heterocycles. The van der Waals surface area contributed by atoms with Crippen LogP contribution in [0.3, 0.4) is 0 Å². The molecule has 9 heteroatoms. The van der Waals surface area contributed by atoms with Gasteiger partial charge in [0.25, 0.3) is 0 Å². The van der Waals surface area contributed by atoms with E-state index in [1.807, 2.05) is 78.9 Å². The highest BCUT2D eigenvalue weighted by atomic mass is 15.3. The van der Waals surface area contributed by atoms with Crippen molar-refractivity contribution in [2.45, 2.75) is 0 Å². The Morgan fingerprint density at radius 2 is 0.609 bits per heavy atom. The van der Waals surface area contributed by atoms with Crippen LogP contribution in [0, 0.1) is 0 Å². The minimum absolute atomic E-state index is 0.498. The highest BCUT2D eigenvalue weighted by Gasteiger charge is 2.25. The molecule has 0 saturated carbocycles. The van der Waals surface area contributed by atoms with E-state index in [0.29, 0.717) is 35.2 Å². The van der Waals surface area contributed by atoms with Gasteiger partial charge in [-0.2, -0.15) is 15.0 Å². The van der Waals surface area contributed by atoms with Crippen LogP contribution >= 0.6 is 0 Å². The standard InChI is InChI=1S/C60H37N9/c1-5-19-38(20-6-1)55-61-56(39-21-7-2-8-22-39)63-58(62-55)41-33-36-52-48(37-41)45-29-15-17-31-50(45)68(52)59-64-57(40-23-9-3-10-24-40)65-60(66-59)69-51-32-18-14-28-44(51)47-35-34-46-43-27-13-16-30-49(43)67(53(46)54(47)69)42-25-11-4-12-26-42/h1-37H. The van der Waals surface area contributed by atoms with Crippen molar-refractivity contribution in [2.24, 2.45) is 0 Å². The van der Waals surface area contributed by atoms with Gasteiger partial charge in [0.2, 0.25) is 11.9 Å². The van der Waals surface area contributed by atoms with E-state index >= 15 is 0 Å². The fourth-order valence-corrected chi connectivity index (χ4v) is 10.1. The minimum Gasteiger partial charge on any atom is -0.307 e. The third-order valence-corrected chi connectivity index (χ3v) is 13.2. The fourth-order valence-electron chi connectivity index (χ4n) is 10.1. The third-order valence-electron chi connectivity index (χ3n) is 13.2. The first-order valence-corrected chi connectivity index (χ1v) is 23.0. The Morgan fingerprint density at radius 1 is 0.232 bits per heavy atom. The summed E-state index contributed by atoms with van der Waals surface area (Å²) in [6.45, 7) is 0. The Labute approximate surface area is 394 Å². The monoisotopic (exact) mass is 883 g/mol. The van der Waals surface area contributed by atoms with Gasteiger partial charge in [-0.3, -0.25) is 9.13 Å². The maximum absolute atomic E-state index is 5.54. The molecule has 9 nitrogen and oxygen atoms in total. The first-order valence-electron chi connectivity index (χ1n) is 23.0. The minimum atomic E-state index is 0.498. The van der Waals surface area contributed by atoms with E-state index in [1.54, 1.807) is 0 Å². The summed E-state index contributed by atoms with van der Waals surface area (Å²) in [6.07, 6.45) is 0. The molecule has 0 amide bonds. The second-order valence-electron chi connectivity index (χ2n) is 17.1. The van der Waals surface area contributed by atoms with Crippen LogP contribution in [0.25, 0.3) is 129 Å². The summed E-state index contributed by atoms with van der Waals surface area (Å²) in [5, 5.41) is 6.59. The quantitative estimate of drug-likeness (QED) is 0.158. The van der Waals surface area contributed by atoms with Gasteiger partial charge in [0.1, 0.15) is 0 Å². The highest BCUT2D eigenvalue weighted by molar-refractivity contribution is 6.23. The van der Waals surface area contributed by atoms with Gasteiger partial charge >= 0.3 is 0 Å². The third kappa shape index (κ3) is 6.18. The predicted molar refractivity (Wildman–Crippen MR) is 278 cm³/mol. The number of hydrogen-bond donors (Lipinski definition) is 0. The topological polar surface area (TPSA) is 92.1 Å². The maximum Gasteiger partial charge on any atom is 0.240 e. The zero-order valence-electron chi connectivity index (χ0n) is 36.9. The zero-order chi connectivity index (χ0) is 45.4. The van der Waals surface area contributed by atoms with Crippen molar-refractivity contribution < 1.29 is 0 Å². The van der Waals surface area contributed by atoms with Crippen molar-refractivity contribution in [3.8, 4) is 63.1 Å². The molecular formula is C60H37N9. The summed E-state index contributed by atoms with van der Waals surface area (Å²) >= 11 is 0. The van der Waals surface area contributed by atoms with Crippen molar-refractivity contribution in [3.63, 3.8) is 0 Å². The molecule has 0 aliphatic heterocycles. The Balaban J connectivity index is 1.04. The molecule has 0 unspecified atom stereocenters. The normalized spacial score (nSPS) is 11.8. The van der Waals surface area contributed by atoms with Gasteiger partial charge in [0.05, 0.1) is 33.1 Å². The number of aromatic nitrogens is 9. The van der Waals surface area contributed by atoms with Gasteiger partial charge in [0, 0.05) is 60.3 Å². The Bertz CT molecular complexity index is 4230. The Kier molecular flexibility index (Phi) is 8.68. The molecule has 14 rings (SSSR count). The number of rotatable bonds is 7. The molecule has 322 valence electrons. The van der Waals surface area contributed by atoms with Gasteiger partial charge in [-0.1, -0.05) is 176 Å². The van der Waals surface area contributed by atoms with Crippen LogP contribution in [0.5, 0.6) is 0 Å². The largest absolute Gasteiger partial charge is 0.307 e. The van der Waals surface area contributed by atoms with E-state index < -0.39 is 0 Å². The SMILES string of the molecule is c1ccc(-c2nc(-c3ccccc3)nc(-c3ccc4c(c3)c3ccccc3n4-c3nc(-c4ccccc4)nc(-n4c5ccccc5c5ccc6c7ccccc7n(-c7ccccc7)c6c54)n3)n2)cc1. The summed E-state index contributed by atoms with van der Waals surface area (Å²) in [6, 6.07) is 77.4. The average Bonchev–Trinajstić information content (AvgIpc) is 4.07. The molecule has 0 aliphatic rings. The molecule has 0 fully saturated rings. The van der Waals surface area contributed by atoms with Crippen molar-refractivity contribution >= 4 is 65.4 Å². The summed E-state index contributed by atoms with van der Waals surface area (Å²) in [7, 11) is 0. The first kappa shape index (κ1) is 38.6. The fraction of sp³-hybridized carbons (Fsp3) is 0. The molecule has 0 spiro atoms. The molecule has 0 radical (unpaired) electrons. The molecule has 14 aromatic rings. The van der Waals surface area contributed by atoms with Crippen LogP contribution in [0.1, 0.15) is 0 Å². The highest BCUT2D eigenvalue weighted by Crippen LogP contribution is 2.42. The summed E-state index contributed by atoms with van der Waals surface area (Å²) < 4.78 is 6.78. The van der Waals surface area contributed by atoms with Crippen molar-refractivity contribution in [1.82, 2.24) is 43.6 Å². The number of para-hydroxylation sites is 4. The van der Waals surface area contributed by atoms with E-state index in [0.717, 1.165) is 88.0 Å². The average molecular weight is 884 g/mol. The first-order chi connectivity index (χ1) is 34.2. The van der Waals surface area contributed by atoms with Crippen LogP contribution in [0.4, 0.5) is 0 Å². The number of benzene rings is 9. The number of nitrogens with zero attached hydrogens (tertiary/aromatic N) is 9. The number of hydrogen-bond acceptors (Lipinski definition) is 6. The van der Waals surface area contributed by atoms with Crippen LogP contribution in [0.2, 0.25) is 0 Å². The zero-order valence-corrected chi connectivity index (χ0v) is 36.9. The van der Waals surface area contributed by atoms with Crippen LogP contribution in [-0.2, 0) is 0 Å². The second kappa shape index (κ2) is 15.5. The molecule has 69 heavy (non-hydrogen) atoms.